The van der Waals surface area contributed by atoms with Gasteiger partial charge in [0, 0.05) is 51.2 Å². The zero-order valence-electron chi connectivity index (χ0n) is 18.7. The third kappa shape index (κ3) is 6.33. The number of ether oxygens (including phenoxy) is 2. The lowest BCUT2D eigenvalue weighted by Crippen LogP contribution is -2.30. The first-order valence-corrected chi connectivity index (χ1v) is 10.4. The molecule has 0 bridgehead atoms. The summed E-state index contributed by atoms with van der Waals surface area (Å²) in [7, 11) is 3.45. The molecule has 0 spiro atoms. The Bertz CT molecular complexity index is 1010. The van der Waals surface area contributed by atoms with Gasteiger partial charge in [0.25, 0.3) is 0 Å². The average molecular weight is 422 g/mol. The van der Waals surface area contributed by atoms with E-state index in [-0.39, 0.29) is 0 Å². The van der Waals surface area contributed by atoms with Crippen molar-refractivity contribution in [2.75, 3.05) is 32.7 Å². The molecule has 0 amide bonds. The molecule has 2 N–H and O–H groups in total. The van der Waals surface area contributed by atoms with E-state index in [9.17, 15) is 0 Å². The molecule has 0 fully saturated rings. The number of methoxy groups -OCH3 is 1. The Hall–Kier alpha value is -3.32. The molecule has 2 aromatic carbocycles. The van der Waals surface area contributed by atoms with E-state index >= 15 is 0 Å². The fourth-order valence-corrected chi connectivity index (χ4v) is 3.29. The highest BCUT2D eigenvalue weighted by Gasteiger charge is 2.09. The van der Waals surface area contributed by atoms with E-state index in [0.29, 0.717) is 25.7 Å². The summed E-state index contributed by atoms with van der Waals surface area (Å²) in [5, 5.41) is 11.3. The zero-order chi connectivity index (χ0) is 22.1. The van der Waals surface area contributed by atoms with Gasteiger partial charge in [0.15, 0.2) is 5.96 Å². The largest absolute Gasteiger partial charge is 0.493 e. The molecular weight excluding hydrogens is 390 g/mol. The number of aromatic nitrogens is 2. The summed E-state index contributed by atoms with van der Waals surface area (Å²) in [6.07, 6.45) is 0.853. The number of nitrogens with zero attached hydrogens (tertiary/aromatic N) is 3. The van der Waals surface area contributed by atoms with Crippen LogP contribution >= 0.6 is 0 Å². The second kappa shape index (κ2) is 11.2. The van der Waals surface area contributed by atoms with Gasteiger partial charge < -0.3 is 20.1 Å². The molecule has 0 saturated heterocycles. The lowest BCUT2D eigenvalue weighted by molar-refractivity contribution is 0.172. The van der Waals surface area contributed by atoms with Gasteiger partial charge in [-0.05, 0) is 43.7 Å². The van der Waals surface area contributed by atoms with E-state index in [4.69, 9.17) is 9.47 Å². The summed E-state index contributed by atoms with van der Waals surface area (Å²) in [4.78, 5) is 4.35. The molecule has 164 valence electrons. The number of aliphatic imine (C=N–C) groups is 1. The monoisotopic (exact) mass is 421 g/mol. The summed E-state index contributed by atoms with van der Waals surface area (Å²) >= 11 is 0. The summed E-state index contributed by atoms with van der Waals surface area (Å²) in [5.41, 5.74) is 5.20. The quantitative estimate of drug-likeness (QED) is 0.309. The number of rotatable bonds is 9. The Labute approximate surface area is 184 Å². The molecule has 0 aliphatic rings. The minimum Gasteiger partial charge on any atom is -0.493 e. The molecule has 1 aromatic heterocycles. The van der Waals surface area contributed by atoms with Crippen LogP contribution in [0.3, 0.4) is 0 Å². The van der Waals surface area contributed by atoms with Gasteiger partial charge in [-0.25, -0.2) is 4.68 Å². The molecule has 0 aliphatic heterocycles. The average Bonchev–Trinajstić information content (AvgIpc) is 3.12. The Balaban J connectivity index is 1.64. The molecule has 0 unspecified atom stereocenters. The first kappa shape index (κ1) is 22.4. The number of guanidine groups is 1. The number of hydrogen-bond donors (Lipinski definition) is 2. The summed E-state index contributed by atoms with van der Waals surface area (Å²) in [6.45, 7) is 5.99. The number of anilines is 1. The highest BCUT2D eigenvalue weighted by molar-refractivity contribution is 5.93. The van der Waals surface area contributed by atoms with Gasteiger partial charge in [-0.1, -0.05) is 24.3 Å². The number of aryl methyl sites for hydroxylation is 2. The van der Waals surface area contributed by atoms with Crippen LogP contribution in [0.5, 0.6) is 5.75 Å². The Kier molecular flexibility index (Phi) is 8.06. The van der Waals surface area contributed by atoms with Crippen LogP contribution in [0.4, 0.5) is 5.69 Å². The minimum atomic E-state index is 0.613. The van der Waals surface area contributed by atoms with E-state index < -0.39 is 0 Å². The maximum absolute atomic E-state index is 5.78. The third-order valence-corrected chi connectivity index (χ3v) is 4.76. The van der Waals surface area contributed by atoms with Crippen LogP contribution in [0.2, 0.25) is 0 Å². The molecule has 3 aromatic rings. The normalized spacial score (nSPS) is 11.4. The van der Waals surface area contributed by atoms with Crippen molar-refractivity contribution in [2.45, 2.75) is 26.8 Å². The van der Waals surface area contributed by atoms with Crippen molar-refractivity contribution >= 4 is 11.6 Å². The highest BCUT2D eigenvalue weighted by atomic mass is 16.5. The van der Waals surface area contributed by atoms with E-state index in [2.05, 4.69) is 45.8 Å². The van der Waals surface area contributed by atoms with Gasteiger partial charge in [-0.15, -0.1) is 0 Å². The maximum Gasteiger partial charge on any atom is 0.195 e. The molecule has 31 heavy (non-hydrogen) atoms. The summed E-state index contributed by atoms with van der Waals surface area (Å²) in [5.74, 6) is 1.49. The third-order valence-electron chi connectivity index (χ3n) is 4.76. The van der Waals surface area contributed by atoms with Crippen molar-refractivity contribution in [1.29, 1.82) is 0 Å². The summed E-state index contributed by atoms with van der Waals surface area (Å²) < 4.78 is 12.8. The molecule has 0 atom stereocenters. The van der Waals surface area contributed by atoms with Gasteiger partial charge in [0.2, 0.25) is 0 Å². The summed E-state index contributed by atoms with van der Waals surface area (Å²) in [6, 6.07) is 18.2. The Morgan fingerprint density at radius 2 is 1.90 bits per heavy atom. The fraction of sp³-hybridized carbons (Fsp3) is 0.333. The first-order chi connectivity index (χ1) is 15.1. The highest BCUT2D eigenvalue weighted by Crippen LogP contribution is 2.19. The van der Waals surface area contributed by atoms with Crippen LogP contribution in [-0.4, -0.2) is 43.1 Å². The second-order valence-corrected chi connectivity index (χ2v) is 7.24. The van der Waals surface area contributed by atoms with Crippen molar-refractivity contribution in [1.82, 2.24) is 15.1 Å². The minimum absolute atomic E-state index is 0.613. The van der Waals surface area contributed by atoms with E-state index in [1.807, 2.05) is 48.0 Å². The standard InChI is InChI=1S/C24H31N5O2/c1-18-15-19(2)29(28-18)23-12-6-5-9-20(23)17-26-24(25-3)27-21-10-7-11-22(16-21)31-14-8-13-30-4/h5-7,9-12,15-16H,8,13-14,17H2,1-4H3,(H2,25,26,27). The number of hydrogen-bond acceptors (Lipinski definition) is 4. The van der Waals surface area contributed by atoms with Crippen LogP contribution in [0, 0.1) is 13.8 Å². The second-order valence-electron chi connectivity index (χ2n) is 7.24. The molecule has 0 aliphatic carbocycles. The molecule has 0 radical (unpaired) electrons. The lowest BCUT2D eigenvalue weighted by atomic mass is 10.1. The lowest BCUT2D eigenvalue weighted by Gasteiger charge is -2.15. The van der Waals surface area contributed by atoms with E-state index in [0.717, 1.165) is 40.5 Å². The first-order valence-electron chi connectivity index (χ1n) is 10.4. The number of benzene rings is 2. The molecular formula is C24H31N5O2. The number of nitrogens with one attached hydrogen (secondary N) is 2. The molecule has 7 nitrogen and oxygen atoms in total. The van der Waals surface area contributed by atoms with Gasteiger partial charge in [-0.3, -0.25) is 4.99 Å². The molecule has 3 rings (SSSR count). The van der Waals surface area contributed by atoms with Gasteiger partial charge in [0.1, 0.15) is 5.75 Å². The van der Waals surface area contributed by atoms with Crippen LogP contribution in [0.15, 0.2) is 59.6 Å². The fourth-order valence-electron chi connectivity index (χ4n) is 3.29. The Morgan fingerprint density at radius 1 is 1.06 bits per heavy atom. The number of para-hydroxylation sites is 1. The zero-order valence-corrected chi connectivity index (χ0v) is 18.7. The van der Waals surface area contributed by atoms with E-state index in [1.165, 1.54) is 0 Å². The van der Waals surface area contributed by atoms with Crippen LogP contribution in [0.25, 0.3) is 5.69 Å². The van der Waals surface area contributed by atoms with Crippen molar-refractivity contribution < 1.29 is 9.47 Å². The van der Waals surface area contributed by atoms with E-state index in [1.54, 1.807) is 14.2 Å². The Morgan fingerprint density at radius 3 is 2.65 bits per heavy atom. The van der Waals surface area contributed by atoms with Gasteiger partial charge in [0.05, 0.1) is 18.0 Å². The van der Waals surface area contributed by atoms with Crippen LogP contribution in [-0.2, 0) is 11.3 Å². The topological polar surface area (TPSA) is 72.7 Å². The van der Waals surface area contributed by atoms with Gasteiger partial charge in [-0.2, -0.15) is 5.10 Å². The maximum atomic E-state index is 5.78. The van der Waals surface area contributed by atoms with Crippen molar-refractivity contribution in [3.63, 3.8) is 0 Å². The molecule has 0 saturated carbocycles. The SMILES string of the molecule is CN=C(NCc1ccccc1-n1nc(C)cc1C)Nc1cccc(OCCCOC)c1. The molecule has 7 heteroatoms. The van der Waals surface area contributed by atoms with Crippen molar-refractivity contribution in [3.05, 3.63) is 71.5 Å². The van der Waals surface area contributed by atoms with Crippen molar-refractivity contribution in [3.8, 4) is 11.4 Å². The van der Waals surface area contributed by atoms with Crippen molar-refractivity contribution in [2.24, 2.45) is 4.99 Å². The van der Waals surface area contributed by atoms with Crippen LogP contribution in [0.1, 0.15) is 23.4 Å². The predicted octanol–water partition coefficient (Wildman–Crippen LogP) is 4.09. The molecule has 1 heterocycles. The van der Waals surface area contributed by atoms with Crippen LogP contribution < -0.4 is 15.4 Å². The van der Waals surface area contributed by atoms with Gasteiger partial charge >= 0.3 is 0 Å². The predicted molar refractivity (Wildman–Crippen MR) is 125 cm³/mol. The smallest absolute Gasteiger partial charge is 0.195 e.